The van der Waals surface area contributed by atoms with E-state index >= 15 is 0 Å². The van der Waals surface area contributed by atoms with Gasteiger partial charge in [0.25, 0.3) is 0 Å². The summed E-state index contributed by atoms with van der Waals surface area (Å²) in [4.78, 5) is 24.0. The van der Waals surface area contributed by atoms with E-state index in [1.165, 1.54) is 0 Å². The van der Waals surface area contributed by atoms with Crippen molar-refractivity contribution in [1.82, 2.24) is 0 Å². The summed E-state index contributed by atoms with van der Waals surface area (Å²) in [7, 11) is 0. The van der Waals surface area contributed by atoms with Crippen LogP contribution in [0.25, 0.3) is 0 Å². The van der Waals surface area contributed by atoms with Crippen LogP contribution < -0.4 is 0 Å². The Morgan fingerprint density at radius 3 is 1.94 bits per heavy atom. The van der Waals surface area contributed by atoms with Crippen LogP contribution in [0.1, 0.15) is 60.3 Å². The van der Waals surface area contributed by atoms with Crippen molar-refractivity contribution >= 4 is 11.8 Å². The average Bonchev–Trinajstić information content (AvgIpc) is 2.32. The van der Waals surface area contributed by atoms with E-state index in [9.17, 15) is 9.59 Å². The van der Waals surface area contributed by atoms with E-state index < -0.39 is 0 Å². The van der Waals surface area contributed by atoms with Crippen molar-refractivity contribution in [3.05, 3.63) is 0 Å². The molecular formula is C15H28O3. The number of hydrogen-bond acceptors (Lipinski definition) is 3. The van der Waals surface area contributed by atoms with Crippen LogP contribution in [-0.4, -0.2) is 18.4 Å². The van der Waals surface area contributed by atoms with Crippen molar-refractivity contribution in [2.75, 3.05) is 6.61 Å². The summed E-state index contributed by atoms with van der Waals surface area (Å²) in [5.41, 5.74) is 0. The molecule has 0 saturated carbocycles. The summed E-state index contributed by atoms with van der Waals surface area (Å²) in [5.74, 6) is -0.115. The van der Waals surface area contributed by atoms with Crippen LogP contribution in [0.2, 0.25) is 0 Å². The Morgan fingerprint density at radius 2 is 1.56 bits per heavy atom. The topological polar surface area (TPSA) is 43.4 Å². The number of Topliss-reactive ketones (excluding diaryl/α,β-unsaturated/α-hetero) is 1. The molecule has 2 unspecified atom stereocenters. The molecule has 0 fully saturated rings. The monoisotopic (exact) mass is 256 g/mol. The van der Waals surface area contributed by atoms with Gasteiger partial charge in [-0.3, -0.25) is 9.59 Å². The highest BCUT2D eigenvalue weighted by Crippen LogP contribution is 2.24. The molecule has 0 bridgehead atoms. The predicted octanol–water partition coefficient (Wildman–Crippen LogP) is 3.61. The average molecular weight is 256 g/mol. The molecule has 106 valence electrons. The fourth-order valence-corrected chi connectivity index (χ4v) is 2.14. The fraction of sp³-hybridized carbons (Fsp3) is 0.867. The molecule has 0 radical (unpaired) electrons. The van der Waals surface area contributed by atoms with Crippen molar-refractivity contribution in [3.63, 3.8) is 0 Å². The summed E-state index contributed by atoms with van der Waals surface area (Å²) < 4.78 is 5.28. The number of carbonyl (C=O) groups excluding carboxylic acids is 2. The minimum atomic E-state index is -0.271. The Kier molecular flexibility index (Phi) is 8.69. The van der Waals surface area contributed by atoms with Crippen LogP contribution >= 0.6 is 0 Å². The van der Waals surface area contributed by atoms with Gasteiger partial charge >= 0.3 is 5.97 Å². The third-order valence-corrected chi connectivity index (χ3v) is 3.14. The van der Waals surface area contributed by atoms with Gasteiger partial charge in [0.2, 0.25) is 0 Å². The maximum Gasteiger partial charge on any atom is 0.309 e. The molecule has 0 aromatic heterocycles. The predicted molar refractivity (Wildman–Crippen MR) is 73.3 cm³/mol. The van der Waals surface area contributed by atoms with Crippen LogP contribution in [-0.2, 0) is 14.3 Å². The van der Waals surface area contributed by atoms with E-state index in [-0.39, 0.29) is 23.6 Å². The highest BCUT2D eigenvalue weighted by Gasteiger charge is 2.31. The fourth-order valence-electron chi connectivity index (χ4n) is 2.14. The summed E-state index contributed by atoms with van der Waals surface area (Å²) >= 11 is 0. The third-order valence-electron chi connectivity index (χ3n) is 3.14. The van der Waals surface area contributed by atoms with E-state index in [2.05, 4.69) is 0 Å². The lowest BCUT2D eigenvalue weighted by Gasteiger charge is -2.23. The standard InChI is InChI=1S/C15H28O3/c1-6-9-14(16)12(7-2)13(8-3)15(17)18-10-11(4)5/h11-13H,6-10H2,1-5H3. The summed E-state index contributed by atoms with van der Waals surface area (Å²) in [6.07, 6.45) is 2.79. The molecule has 0 N–H and O–H groups in total. The first kappa shape index (κ1) is 17.1. The largest absolute Gasteiger partial charge is 0.465 e. The van der Waals surface area contributed by atoms with Crippen LogP contribution in [0.5, 0.6) is 0 Å². The van der Waals surface area contributed by atoms with E-state index in [4.69, 9.17) is 4.74 Å². The van der Waals surface area contributed by atoms with Gasteiger partial charge in [0.05, 0.1) is 12.5 Å². The van der Waals surface area contributed by atoms with Gasteiger partial charge in [0.15, 0.2) is 0 Å². The molecule has 0 saturated heterocycles. The van der Waals surface area contributed by atoms with Gasteiger partial charge in [-0.15, -0.1) is 0 Å². The number of ketones is 1. The quantitative estimate of drug-likeness (QED) is 0.592. The van der Waals surface area contributed by atoms with E-state index in [0.717, 1.165) is 6.42 Å². The molecule has 0 spiro atoms. The number of rotatable bonds is 9. The third kappa shape index (κ3) is 5.65. The summed E-state index contributed by atoms with van der Waals surface area (Å²) in [6, 6.07) is 0. The minimum Gasteiger partial charge on any atom is -0.465 e. The molecule has 3 heteroatoms. The second-order valence-electron chi connectivity index (χ2n) is 5.27. The van der Waals surface area contributed by atoms with Gasteiger partial charge in [-0.05, 0) is 25.2 Å². The maximum atomic E-state index is 12.0. The molecule has 0 aliphatic rings. The number of hydrogen-bond donors (Lipinski definition) is 0. The van der Waals surface area contributed by atoms with Crippen molar-refractivity contribution in [1.29, 1.82) is 0 Å². The van der Waals surface area contributed by atoms with Crippen LogP contribution in [0.3, 0.4) is 0 Å². The molecule has 18 heavy (non-hydrogen) atoms. The zero-order chi connectivity index (χ0) is 14.1. The van der Waals surface area contributed by atoms with Crippen molar-refractivity contribution in [3.8, 4) is 0 Å². The molecule has 0 amide bonds. The smallest absolute Gasteiger partial charge is 0.309 e. The Balaban J connectivity index is 4.60. The van der Waals surface area contributed by atoms with Gasteiger partial charge < -0.3 is 4.74 Å². The normalized spacial score (nSPS) is 14.3. The van der Waals surface area contributed by atoms with Gasteiger partial charge in [0, 0.05) is 12.3 Å². The molecular weight excluding hydrogens is 228 g/mol. The lowest BCUT2D eigenvalue weighted by atomic mass is 9.83. The molecule has 3 nitrogen and oxygen atoms in total. The van der Waals surface area contributed by atoms with Gasteiger partial charge in [-0.1, -0.05) is 34.6 Å². The molecule has 0 aliphatic carbocycles. The molecule has 2 atom stereocenters. The Bertz CT molecular complexity index is 258. The van der Waals surface area contributed by atoms with Crippen LogP contribution in [0.15, 0.2) is 0 Å². The van der Waals surface area contributed by atoms with Crippen LogP contribution in [0.4, 0.5) is 0 Å². The van der Waals surface area contributed by atoms with Gasteiger partial charge in [-0.25, -0.2) is 0 Å². The molecule has 0 aromatic carbocycles. The first-order chi connectivity index (χ1) is 8.47. The molecule has 0 aromatic rings. The zero-order valence-corrected chi connectivity index (χ0v) is 12.5. The first-order valence-corrected chi connectivity index (χ1v) is 7.17. The van der Waals surface area contributed by atoms with Crippen LogP contribution in [0, 0.1) is 17.8 Å². The maximum absolute atomic E-state index is 12.0. The lowest BCUT2D eigenvalue weighted by molar-refractivity contribution is -0.154. The molecule has 0 heterocycles. The van der Waals surface area contributed by atoms with Crippen molar-refractivity contribution in [2.24, 2.45) is 17.8 Å². The van der Waals surface area contributed by atoms with Gasteiger partial charge in [-0.2, -0.15) is 0 Å². The minimum absolute atomic E-state index is 0.172. The summed E-state index contributed by atoms with van der Waals surface area (Å²) in [5, 5.41) is 0. The SMILES string of the molecule is CCCC(=O)C(CC)C(CC)C(=O)OCC(C)C. The second-order valence-corrected chi connectivity index (χ2v) is 5.27. The second kappa shape index (κ2) is 9.12. The van der Waals surface area contributed by atoms with E-state index in [1.54, 1.807) is 0 Å². The van der Waals surface area contributed by atoms with Gasteiger partial charge in [0.1, 0.15) is 5.78 Å². The Hall–Kier alpha value is -0.860. The van der Waals surface area contributed by atoms with E-state index in [0.29, 0.717) is 31.8 Å². The molecule has 0 rings (SSSR count). The van der Waals surface area contributed by atoms with E-state index in [1.807, 2.05) is 34.6 Å². The number of esters is 1. The van der Waals surface area contributed by atoms with Crippen molar-refractivity contribution in [2.45, 2.75) is 60.3 Å². The molecule has 0 aliphatic heterocycles. The number of ether oxygens (including phenoxy) is 1. The Morgan fingerprint density at radius 1 is 1.00 bits per heavy atom. The lowest BCUT2D eigenvalue weighted by Crippen LogP contribution is -2.31. The summed E-state index contributed by atoms with van der Waals surface area (Å²) in [6.45, 7) is 10.4. The number of carbonyl (C=O) groups is 2. The first-order valence-electron chi connectivity index (χ1n) is 7.17. The highest BCUT2D eigenvalue weighted by atomic mass is 16.5. The highest BCUT2D eigenvalue weighted by molar-refractivity contribution is 5.86. The van der Waals surface area contributed by atoms with Crippen molar-refractivity contribution < 1.29 is 14.3 Å². The Labute approximate surface area is 111 Å². The zero-order valence-electron chi connectivity index (χ0n) is 12.5.